The van der Waals surface area contributed by atoms with E-state index in [0.29, 0.717) is 56.9 Å². The highest BCUT2D eigenvalue weighted by molar-refractivity contribution is 7.57. The van der Waals surface area contributed by atoms with Crippen LogP contribution >= 0.6 is 7.37 Å². The monoisotopic (exact) mass is 988 g/mol. The summed E-state index contributed by atoms with van der Waals surface area (Å²) in [6, 6.07) is -1.13. The molecule has 14 nitrogen and oxygen atoms in total. The van der Waals surface area contributed by atoms with Gasteiger partial charge in [-0.1, -0.05) is 77.7 Å². The molecule has 390 valence electrons. The van der Waals surface area contributed by atoms with Crippen molar-refractivity contribution in [3.05, 3.63) is 59.8 Å². The highest BCUT2D eigenvalue weighted by atomic mass is 31.2. The topological polar surface area (TPSA) is 184 Å². The predicted molar refractivity (Wildman–Crippen MR) is 268 cm³/mol. The number of ketones is 2. The Bertz CT molecular complexity index is 1940. The average Bonchev–Trinajstić information content (AvgIpc) is 3.30. The highest BCUT2D eigenvalue weighted by Gasteiger charge is 2.53. The molecule has 1 aliphatic carbocycles. The molecule has 1 amide bonds. The Hall–Kier alpha value is -3.07. The van der Waals surface area contributed by atoms with Crippen LogP contribution in [-0.2, 0) is 52.0 Å². The molecule has 2 bridgehead atoms. The Balaban J connectivity index is 1.70. The minimum Gasteiger partial charge on any atom is -0.460 e. The number of allylic oxidation sites excluding steroid dienone is 6. The number of aliphatic hydroxyl groups excluding tert-OH is 1. The summed E-state index contributed by atoms with van der Waals surface area (Å²) < 4.78 is 48.6. The zero-order valence-electron chi connectivity index (χ0n) is 43.7. The van der Waals surface area contributed by atoms with Crippen molar-refractivity contribution in [1.82, 2.24) is 4.90 Å². The first kappa shape index (κ1) is 58.5. The van der Waals surface area contributed by atoms with Gasteiger partial charge in [0, 0.05) is 65.9 Å². The second kappa shape index (κ2) is 26.6. The Kier molecular flexibility index (Phi) is 22.5. The van der Waals surface area contributed by atoms with Crippen LogP contribution < -0.4 is 0 Å². The van der Waals surface area contributed by atoms with E-state index in [1.165, 1.54) is 12.0 Å². The molecule has 2 saturated heterocycles. The molecular weight excluding hydrogens is 902 g/mol. The summed E-state index contributed by atoms with van der Waals surface area (Å²) in [6.07, 6.45) is 13.1. The van der Waals surface area contributed by atoms with Crippen LogP contribution in [0.1, 0.15) is 126 Å². The SMILES string of the molecule is C=C1[C@H](C)C[C@H](C)/C=C/C=C/C=C(\C)[C@@H](OC)C[C@@H]2CC[C@@H](C)C(O)(O2)C(=O)C(=O)N2CCCCC2C(=O)O[C@H]([C@H](C)C[C@@H]2CC[C@@H](OP(C)(C)=O)[C@H](OC)C2)CC(=O)[C@H](C)/C=C(\C)[C@@H](O)[C@H]1OC. The van der Waals surface area contributed by atoms with E-state index in [4.69, 9.17) is 28.2 Å². The third-order valence-electron chi connectivity index (χ3n) is 15.1. The number of ether oxygens (including phenoxy) is 5. The second-order valence-electron chi connectivity index (χ2n) is 21.1. The molecule has 0 radical (unpaired) electrons. The van der Waals surface area contributed by atoms with Crippen LogP contribution in [0.4, 0.5) is 0 Å². The van der Waals surface area contributed by atoms with Gasteiger partial charge in [-0.2, -0.15) is 0 Å². The minimum atomic E-state index is -2.78. The van der Waals surface area contributed by atoms with E-state index >= 15 is 0 Å². The number of methoxy groups -OCH3 is 3. The van der Waals surface area contributed by atoms with Crippen LogP contribution in [0.2, 0.25) is 0 Å². The van der Waals surface area contributed by atoms with Crippen molar-refractivity contribution >= 4 is 30.8 Å². The van der Waals surface area contributed by atoms with Gasteiger partial charge in [-0.05, 0) is 118 Å². The van der Waals surface area contributed by atoms with Crippen LogP contribution in [0, 0.1) is 35.5 Å². The van der Waals surface area contributed by atoms with Gasteiger partial charge in [0.1, 0.15) is 30.1 Å². The Morgan fingerprint density at radius 2 is 1.59 bits per heavy atom. The van der Waals surface area contributed by atoms with E-state index in [9.17, 15) is 34.0 Å². The molecule has 0 spiro atoms. The number of amides is 1. The third-order valence-corrected chi connectivity index (χ3v) is 15.9. The number of cyclic esters (lactones) is 1. The molecule has 2 N–H and O–H groups in total. The van der Waals surface area contributed by atoms with Gasteiger partial charge in [-0.15, -0.1) is 0 Å². The molecule has 69 heavy (non-hydrogen) atoms. The van der Waals surface area contributed by atoms with E-state index in [1.807, 2.05) is 38.2 Å². The van der Waals surface area contributed by atoms with Gasteiger partial charge in [0.05, 0.1) is 24.4 Å². The zero-order chi connectivity index (χ0) is 51.4. The number of hydrogen-bond acceptors (Lipinski definition) is 13. The van der Waals surface area contributed by atoms with Gasteiger partial charge in [-0.25, -0.2) is 4.79 Å². The number of fused-ring (bicyclic) bond motifs is 3. The van der Waals surface area contributed by atoms with Crippen LogP contribution in [0.15, 0.2) is 59.8 Å². The maximum atomic E-state index is 14.5. The number of carbonyl (C=O) groups is 4. The molecule has 2 unspecified atom stereocenters. The lowest BCUT2D eigenvalue weighted by Gasteiger charge is -2.42. The minimum absolute atomic E-state index is 0.00672. The van der Waals surface area contributed by atoms with Crippen molar-refractivity contribution in [1.29, 1.82) is 0 Å². The number of rotatable bonds is 8. The van der Waals surface area contributed by atoms with Crippen molar-refractivity contribution < 1.29 is 62.2 Å². The standard InChI is InChI=1S/C54H86NO13P/c1-33-19-15-14-16-20-34(2)46(63-9)31-42-24-22-39(7)54(61,67-42)51(58)52(59)55-26-18-17-21-43(55)53(60)66-47(37(5)29-41-23-25-45(48(30-41)64-10)68-69(12,13)62)32-44(56)36(4)28-38(6)49(57)50(65-11)40(8)35(3)27-33/h14-16,19-20,28,33,35-37,39,41-43,45-50,57,61H,8,17-18,21-27,29-32H2,1-7,9-13H3/b16-14+,19-15+,34-20+,38-28+/t33-,35-,36-,37-,39-,41+,42+,43?,45-,46+,47+,48-,49-,50+,54?/m1/s1. The van der Waals surface area contributed by atoms with Gasteiger partial charge in [0.2, 0.25) is 5.79 Å². The Morgan fingerprint density at radius 1 is 0.884 bits per heavy atom. The molecule has 4 aliphatic rings. The fraction of sp³-hybridized carbons (Fsp3) is 0.741. The zero-order valence-corrected chi connectivity index (χ0v) is 44.6. The van der Waals surface area contributed by atoms with Crippen molar-refractivity contribution in [3.8, 4) is 0 Å². The fourth-order valence-corrected chi connectivity index (χ4v) is 11.6. The molecule has 15 heteroatoms. The summed E-state index contributed by atoms with van der Waals surface area (Å²) in [6.45, 7) is 20.9. The van der Waals surface area contributed by atoms with E-state index in [1.54, 1.807) is 54.4 Å². The second-order valence-corrected chi connectivity index (χ2v) is 23.8. The lowest BCUT2D eigenvalue weighted by molar-refractivity contribution is -0.265. The number of piperidine rings is 1. The summed E-state index contributed by atoms with van der Waals surface area (Å²) >= 11 is 0. The number of esters is 1. The van der Waals surface area contributed by atoms with Gasteiger partial charge < -0.3 is 43.3 Å². The Morgan fingerprint density at radius 3 is 2.25 bits per heavy atom. The summed E-state index contributed by atoms with van der Waals surface area (Å²) in [5.74, 6) is -6.95. The molecule has 0 aromatic heterocycles. The molecule has 4 rings (SSSR count). The van der Waals surface area contributed by atoms with Gasteiger partial charge >= 0.3 is 5.97 Å². The van der Waals surface area contributed by atoms with Crippen molar-refractivity contribution in [2.24, 2.45) is 35.5 Å². The van der Waals surface area contributed by atoms with E-state index in [2.05, 4.69) is 26.5 Å². The van der Waals surface area contributed by atoms with Crippen LogP contribution in [0.25, 0.3) is 0 Å². The summed E-state index contributed by atoms with van der Waals surface area (Å²) in [5.41, 5.74) is 2.19. The summed E-state index contributed by atoms with van der Waals surface area (Å²) in [4.78, 5) is 58.6. The smallest absolute Gasteiger partial charge is 0.329 e. The third kappa shape index (κ3) is 16.2. The van der Waals surface area contributed by atoms with Crippen molar-refractivity contribution in [2.45, 2.75) is 180 Å². The van der Waals surface area contributed by atoms with Crippen LogP contribution in [-0.4, -0.2) is 134 Å². The number of nitrogens with zero attached hydrogens (tertiary/aromatic N) is 1. The molecule has 3 aliphatic heterocycles. The fourth-order valence-electron chi connectivity index (χ4n) is 10.7. The van der Waals surface area contributed by atoms with E-state index < -0.39 is 79.2 Å². The predicted octanol–water partition coefficient (Wildman–Crippen LogP) is 8.73. The normalized spacial score (nSPS) is 39.0. The maximum absolute atomic E-state index is 14.5. The molecule has 3 heterocycles. The van der Waals surface area contributed by atoms with Crippen LogP contribution in [0.3, 0.4) is 0 Å². The maximum Gasteiger partial charge on any atom is 0.329 e. The van der Waals surface area contributed by atoms with Crippen molar-refractivity contribution in [2.75, 3.05) is 41.2 Å². The largest absolute Gasteiger partial charge is 0.460 e. The molecule has 0 aromatic carbocycles. The first-order valence-electron chi connectivity index (χ1n) is 25.3. The van der Waals surface area contributed by atoms with E-state index in [-0.39, 0.29) is 61.0 Å². The molecule has 1 saturated carbocycles. The number of aliphatic hydroxyl groups is 2. The average molecular weight is 988 g/mol. The number of hydrogen-bond donors (Lipinski definition) is 2. The van der Waals surface area contributed by atoms with Gasteiger partial charge in [0.25, 0.3) is 11.7 Å². The van der Waals surface area contributed by atoms with Gasteiger partial charge in [-0.3, -0.25) is 18.9 Å². The van der Waals surface area contributed by atoms with Crippen LogP contribution in [0.5, 0.6) is 0 Å². The number of Topliss-reactive ketones (excluding diaryl/α,β-unsaturated/α-hetero) is 2. The molecule has 0 aromatic rings. The number of carbonyl (C=O) groups excluding carboxylic acids is 4. The molecule has 3 fully saturated rings. The highest BCUT2D eigenvalue weighted by Crippen LogP contribution is 2.45. The first-order valence-corrected chi connectivity index (χ1v) is 27.8. The lowest BCUT2D eigenvalue weighted by atomic mass is 9.78. The molecular formula is C54H86NO13P. The summed E-state index contributed by atoms with van der Waals surface area (Å²) in [7, 11) is 1.97. The Labute approximate surface area is 413 Å². The molecule has 15 atom stereocenters. The van der Waals surface area contributed by atoms with Gasteiger partial charge in [0.15, 0.2) is 7.37 Å². The lowest BCUT2D eigenvalue weighted by Crippen LogP contribution is -2.61. The quantitative estimate of drug-likeness (QED) is 0.102. The van der Waals surface area contributed by atoms with E-state index in [0.717, 1.165) is 24.0 Å². The van der Waals surface area contributed by atoms with Crippen molar-refractivity contribution in [3.63, 3.8) is 0 Å². The first-order chi connectivity index (χ1) is 32.4. The summed E-state index contributed by atoms with van der Waals surface area (Å²) in [5, 5.41) is 23.6.